The van der Waals surface area contributed by atoms with Crippen LogP contribution in [-0.4, -0.2) is 22.7 Å². The number of halogens is 1. The molecule has 132 valence electrons. The second kappa shape index (κ2) is 7.47. The highest BCUT2D eigenvalue weighted by atomic mass is 19.1. The summed E-state index contributed by atoms with van der Waals surface area (Å²) in [6.07, 6.45) is 2.73. The molecule has 1 heterocycles. The van der Waals surface area contributed by atoms with E-state index in [0.29, 0.717) is 17.1 Å². The first-order chi connectivity index (χ1) is 12.6. The molecule has 8 heteroatoms. The molecule has 0 fully saturated rings. The van der Waals surface area contributed by atoms with Crippen LogP contribution < -0.4 is 20.9 Å². The van der Waals surface area contributed by atoms with Crippen molar-refractivity contribution in [2.45, 2.75) is 0 Å². The molecular weight excluding hydrogens is 339 g/mol. The van der Waals surface area contributed by atoms with E-state index in [1.807, 2.05) is 0 Å². The number of anilines is 2. The van der Waals surface area contributed by atoms with Gasteiger partial charge in [-0.25, -0.2) is 14.2 Å². The summed E-state index contributed by atoms with van der Waals surface area (Å²) in [6.45, 7) is 0. The molecule has 2 N–H and O–H groups in total. The molecule has 0 unspecified atom stereocenters. The van der Waals surface area contributed by atoms with Crippen molar-refractivity contribution >= 4 is 17.5 Å². The van der Waals surface area contributed by atoms with E-state index in [1.54, 1.807) is 30.3 Å². The van der Waals surface area contributed by atoms with E-state index in [2.05, 4.69) is 15.6 Å². The van der Waals surface area contributed by atoms with Crippen LogP contribution in [0.2, 0.25) is 0 Å². The van der Waals surface area contributed by atoms with E-state index >= 15 is 0 Å². The zero-order chi connectivity index (χ0) is 18.5. The van der Waals surface area contributed by atoms with Gasteiger partial charge in [0, 0.05) is 24.1 Å². The number of hydrogen-bond donors (Lipinski definition) is 2. The summed E-state index contributed by atoms with van der Waals surface area (Å²) in [7, 11) is 1.52. The van der Waals surface area contributed by atoms with Gasteiger partial charge in [0.15, 0.2) is 0 Å². The number of rotatable bonds is 4. The van der Waals surface area contributed by atoms with Crippen molar-refractivity contribution in [1.82, 2.24) is 9.55 Å². The van der Waals surface area contributed by atoms with E-state index in [4.69, 9.17) is 4.74 Å². The lowest BCUT2D eigenvalue weighted by Gasteiger charge is -2.10. The zero-order valence-corrected chi connectivity index (χ0v) is 13.8. The average molecular weight is 354 g/mol. The number of aromatic nitrogens is 2. The number of nitrogens with one attached hydrogen (secondary N) is 2. The fourth-order valence-electron chi connectivity index (χ4n) is 2.30. The monoisotopic (exact) mass is 354 g/mol. The molecule has 7 nitrogen and oxygen atoms in total. The van der Waals surface area contributed by atoms with Crippen LogP contribution in [0, 0.1) is 5.82 Å². The van der Waals surface area contributed by atoms with Crippen LogP contribution >= 0.6 is 0 Å². The molecule has 0 saturated carbocycles. The van der Waals surface area contributed by atoms with Gasteiger partial charge in [-0.15, -0.1) is 0 Å². The van der Waals surface area contributed by atoms with Crippen molar-refractivity contribution in [3.05, 3.63) is 77.1 Å². The Bertz CT molecular complexity index is 1000. The molecule has 0 aliphatic heterocycles. The van der Waals surface area contributed by atoms with Gasteiger partial charge in [-0.2, -0.15) is 0 Å². The molecule has 3 aromatic rings. The third kappa shape index (κ3) is 3.86. The molecule has 26 heavy (non-hydrogen) atoms. The van der Waals surface area contributed by atoms with Gasteiger partial charge in [0.1, 0.15) is 11.6 Å². The Balaban J connectivity index is 1.81. The lowest BCUT2D eigenvalue weighted by atomic mass is 10.3. The minimum atomic E-state index is -0.639. The van der Waals surface area contributed by atoms with Crippen LogP contribution in [-0.2, 0) is 0 Å². The molecular formula is C18H15FN4O3. The Kier molecular flexibility index (Phi) is 4.93. The third-order valence-electron chi connectivity index (χ3n) is 3.49. The summed E-state index contributed by atoms with van der Waals surface area (Å²) in [5.74, 6) is -0.0808. The predicted molar refractivity (Wildman–Crippen MR) is 95.4 cm³/mol. The Labute approximate surface area is 148 Å². The molecule has 0 aliphatic carbocycles. The van der Waals surface area contributed by atoms with Crippen molar-refractivity contribution in [3.8, 4) is 11.4 Å². The number of methoxy groups -OCH3 is 1. The van der Waals surface area contributed by atoms with Crippen molar-refractivity contribution in [3.63, 3.8) is 0 Å². The summed E-state index contributed by atoms with van der Waals surface area (Å²) in [4.78, 5) is 28.5. The Hall–Kier alpha value is -3.68. The minimum absolute atomic E-state index is 0.183. The van der Waals surface area contributed by atoms with Crippen LogP contribution in [0.5, 0.6) is 5.75 Å². The van der Waals surface area contributed by atoms with Crippen LogP contribution in [0.3, 0.4) is 0 Å². The summed E-state index contributed by atoms with van der Waals surface area (Å²) >= 11 is 0. The van der Waals surface area contributed by atoms with Crippen LogP contribution in [0.4, 0.5) is 20.7 Å². The quantitative estimate of drug-likeness (QED) is 0.754. The van der Waals surface area contributed by atoms with Crippen LogP contribution in [0.1, 0.15) is 0 Å². The van der Waals surface area contributed by atoms with Crippen LogP contribution in [0.25, 0.3) is 5.69 Å². The molecule has 2 amide bonds. The molecule has 2 aromatic carbocycles. The predicted octanol–water partition coefficient (Wildman–Crippen LogP) is 3.02. The minimum Gasteiger partial charge on any atom is -0.497 e. The van der Waals surface area contributed by atoms with E-state index in [-0.39, 0.29) is 5.82 Å². The maximum absolute atomic E-state index is 13.4. The van der Waals surface area contributed by atoms with Crippen molar-refractivity contribution in [1.29, 1.82) is 0 Å². The molecule has 0 radical (unpaired) electrons. The summed E-state index contributed by atoms with van der Waals surface area (Å²) in [6, 6.07) is 11.7. The summed E-state index contributed by atoms with van der Waals surface area (Å²) in [5, 5.41) is 4.97. The van der Waals surface area contributed by atoms with Gasteiger partial charge >= 0.3 is 6.03 Å². The first kappa shape index (κ1) is 17.2. The molecule has 0 bridgehead atoms. The number of urea groups is 1. The molecule has 3 rings (SSSR count). The molecule has 0 aliphatic rings. The Morgan fingerprint density at radius 3 is 2.73 bits per heavy atom. The van der Waals surface area contributed by atoms with Crippen molar-refractivity contribution in [2.24, 2.45) is 0 Å². The second-order valence-electron chi connectivity index (χ2n) is 5.24. The maximum atomic E-state index is 13.4. The van der Waals surface area contributed by atoms with E-state index in [1.165, 1.54) is 42.3 Å². The Morgan fingerprint density at radius 2 is 1.96 bits per heavy atom. The second-order valence-corrected chi connectivity index (χ2v) is 5.24. The van der Waals surface area contributed by atoms with Gasteiger partial charge in [0.25, 0.3) is 5.56 Å². The highest BCUT2D eigenvalue weighted by Crippen LogP contribution is 2.16. The van der Waals surface area contributed by atoms with Crippen molar-refractivity contribution in [2.75, 3.05) is 17.7 Å². The number of ether oxygens (including phenoxy) is 1. The number of carbonyl (C=O) groups excluding carboxylic acids is 1. The normalized spacial score (nSPS) is 10.2. The first-order valence-electron chi connectivity index (χ1n) is 7.62. The highest BCUT2D eigenvalue weighted by molar-refractivity contribution is 5.99. The van der Waals surface area contributed by atoms with Gasteiger partial charge < -0.3 is 10.1 Å². The maximum Gasteiger partial charge on any atom is 0.325 e. The average Bonchev–Trinajstić information content (AvgIpc) is 2.63. The zero-order valence-electron chi connectivity index (χ0n) is 13.8. The largest absolute Gasteiger partial charge is 0.497 e. The van der Waals surface area contributed by atoms with Gasteiger partial charge in [-0.3, -0.25) is 14.7 Å². The molecule has 0 spiro atoms. The number of nitrogens with zero attached hydrogens (tertiary/aromatic N) is 2. The standard InChI is InChI=1S/C18H15FN4O3/c1-26-15-7-3-5-13(11-15)21-18(25)22-16-17(24)23(9-8-20-16)14-6-2-4-12(19)10-14/h2-11H,1H3,(H2,20,21,22,25). The molecule has 0 saturated heterocycles. The number of benzene rings is 2. The lowest BCUT2D eigenvalue weighted by molar-refractivity contribution is 0.262. The van der Waals surface area contributed by atoms with E-state index in [0.717, 1.165) is 0 Å². The van der Waals surface area contributed by atoms with Gasteiger partial charge in [0.2, 0.25) is 5.82 Å². The Morgan fingerprint density at radius 1 is 1.15 bits per heavy atom. The highest BCUT2D eigenvalue weighted by Gasteiger charge is 2.11. The van der Waals surface area contributed by atoms with Crippen molar-refractivity contribution < 1.29 is 13.9 Å². The first-order valence-corrected chi connectivity index (χ1v) is 7.62. The number of amides is 2. The lowest BCUT2D eigenvalue weighted by Crippen LogP contribution is -2.28. The SMILES string of the molecule is COc1cccc(NC(=O)Nc2nccn(-c3cccc(F)c3)c2=O)c1. The topological polar surface area (TPSA) is 85.2 Å². The molecule has 0 atom stereocenters. The number of carbonyl (C=O) groups is 1. The van der Waals surface area contributed by atoms with E-state index in [9.17, 15) is 14.0 Å². The van der Waals surface area contributed by atoms with Gasteiger partial charge in [-0.1, -0.05) is 12.1 Å². The molecule has 1 aromatic heterocycles. The summed E-state index contributed by atoms with van der Waals surface area (Å²) < 4.78 is 19.7. The number of hydrogen-bond acceptors (Lipinski definition) is 4. The fraction of sp³-hybridized carbons (Fsp3) is 0.0556. The fourth-order valence-corrected chi connectivity index (χ4v) is 2.30. The van der Waals surface area contributed by atoms with Gasteiger partial charge in [-0.05, 0) is 30.3 Å². The van der Waals surface area contributed by atoms with Crippen LogP contribution in [0.15, 0.2) is 65.7 Å². The smallest absolute Gasteiger partial charge is 0.325 e. The van der Waals surface area contributed by atoms with E-state index < -0.39 is 17.4 Å². The van der Waals surface area contributed by atoms with Gasteiger partial charge in [0.05, 0.1) is 12.8 Å². The summed E-state index contributed by atoms with van der Waals surface area (Å²) in [5.41, 5.74) is 0.232. The third-order valence-corrected chi connectivity index (χ3v) is 3.49.